The average molecular weight is 282 g/mol. The minimum Gasteiger partial charge on any atom is -0.469 e. The van der Waals surface area contributed by atoms with Crippen LogP contribution in [0.25, 0.3) is 0 Å². The van der Waals surface area contributed by atoms with Gasteiger partial charge in [-0.2, -0.15) is 5.26 Å². The molecule has 1 aromatic carbocycles. The molecule has 0 saturated heterocycles. The molecule has 0 unspecified atom stereocenters. The van der Waals surface area contributed by atoms with Gasteiger partial charge in [-0.05, 0) is 24.3 Å². The standard InChI is InChI=1S/C12H14N2O4S/c1-14(8-7-12(15)18-2)19(16,17)11-5-3-10(9-13)4-6-11/h3-6H,7-8H2,1-2H3. The highest BCUT2D eigenvalue weighted by Gasteiger charge is 2.21. The Balaban J connectivity index is 2.84. The Morgan fingerprint density at radius 2 is 1.95 bits per heavy atom. The van der Waals surface area contributed by atoms with Gasteiger partial charge in [-0.25, -0.2) is 12.7 Å². The highest BCUT2D eigenvalue weighted by Crippen LogP contribution is 2.15. The maximum Gasteiger partial charge on any atom is 0.306 e. The molecule has 1 rings (SSSR count). The van der Waals surface area contributed by atoms with Gasteiger partial charge in [-0.15, -0.1) is 0 Å². The molecule has 0 aliphatic rings. The van der Waals surface area contributed by atoms with Crippen molar-refractivity contribution in [1.29, 1.82) is 5.26 Å². The summed E-state index contributed by atoms with van der Waals surface area (Å²) in [6, 6.07) is 7.50. The number of sulfonamides is 1. The monoisotopic (exact) mass is 282 g/mol. The Morgan fingerprint density at radius 3 is 2.42 bits per heavy atom. The van der Waals surface area contributed by atoms with Crippen LogP contribution in [0.5, 0.6) is 0 Å². The number of esters is 1. The zero-order chi connectivity index (χ0) is 14.5. The second-order valence-electron chi connectivity index (χ2n) is 3.79. The van der Waals surface area contributed by atoms with Crippen LogP contribution >= 0.6 is 0 Å². The van der Waals surface area contributed by atoms with Crippen LogP contribution in [0.15, 0.2) is 29.2 Å². The van der Waals surface area contributed by atoms with Gasteiger partial charge in [0, 0.05) is 13.6 Å². The van der Waals surface area contributed by atoms with Crippen LogP contribution in [-0.2, 0) is 19.6 Å². The van der Waals surface area contributed by atoms with Gasteiger partial charge in [0.25, 0.3) is 0 Å². The summed E-state index contributed by atoms with van der Waals surface area (Å²) in [5.41, 5.74) is 0.385. The summed E-state index contributed by atoms with van der Waals surface area (Å²) in [6.45, 7) is 0.0367. The van der Waals surface area contributed by atoms with Gasteiger partial charge < -0.3 is 4.74 Å². The molecule has 0 N–H and O–H groups in total. The highest BCUT2D eigenvalue weighted by atomic mass is 32.2. The van der Waals surface area contributed by atoms with E-state index in [1.807, 2.05) is 6.07 Å². The normalized spacial score (nSPS) is 11.1. The maximum atomic E-state index is 12.1. The van der Waals surface area contributed by atoms with Gasteiger partial charge in [0.2, 0.25) is 10.0 Å². The first-order valence-electron chi connectivity index (χ1n) is 5.45. The van der Waals surface area contributed by atoms with E-state index in [2.05, 4.69) is 4.74 Å². The zero-order valence-electron chi connectivity index (χ0n) is 10.7. The predicted molar refractivity (Wildman–Crippen MR) is 67.6 cm³/mol. The van der Waals surface area contributed by atoms with Gasteiger partial charge in [0.1, 0.15) is 0 Å². The molecule has 19 heavy (non-hydrogen) atoms. The second kappa shape index (κ2) is 6.31. The summed E-state index contributed by atoms with van der Waals surface area (Å²) in [4.78, 5) is 11.1. The molecule has 0 spiro atoms. The SMILES string of the molecule is COC(=O)CCN(C)S(=O)(=O)c1ccc(C#N)cc1. The molecule has 0 amide bonds. The minimum atomic E-state index is -3.65. The lowest BCUT2D eigenvalue weighted by Crippen LogP contribution is -2.29. The fourth-order valence-corrected chi connectivity index (χ4v) is 2.52. The Kier molecular flexibility index (Phi) is 5.03. The Hall–Kier alpha value is -1.91. The van der Waals surface area contributed by atoms with Crippen LogP contribution in [-0.4, -0.2) is 39.4 Å². The lowest BCUT2D eigenvalue weighted by atomic mass is 10.2. The van der Waals surface area contributed by atoms with Crippen molar-refractivity contribution in [3.8, 4) is 6.07 Å². The van der Waals surface area contributed by atoms with E-state index in [4.69, 9.17) is 5.26 Å². The van der Waals surface area contributed by atoms with E-state index >= 15 is 0 Å². The summed E-state index contributed by atoms with van der Waals surface area (Å²) in [5, 5.41) is 8.65. The molecule has 0 heterocycles. The summed E-state index contributed by atoms with van der Waals surface area (Å²) in [5.74, 6) is -0.470. The van der Waals surface area contributed by atoms with Crippen LogP contribution in [0.3, 0.4) is 0 Å². The topological polar surface area (TPSA) is 87.5 Å². The highest BCUT2D eigenvalue weighted by molar-refractivity contribution is 7.89. The number of nitrogens with zero attached hydrogens (tertiary/aromatic N) is 2. The molecular formula is C12H14N2O4S. The van der Waals surface area contributed by atoms with Gasteiger partial charge in [-0.3, -0.25) is 4.79 Å². The van der Waals surface area contributed by atoms with Crippen molar-refractivity contribution >= 4 is 16.0 Å². The number of benzene rings is 1. The van der Waals surface area contributed by atoms with Gasteiger partial charge in [0.15, 0.2) is 0 Å². The zero-order valence-corrected chi connectivity index (χ0v) is 11.5. The van der Waals surface area contributed by atoms with E-state index in [1.165, 1.54) is 38.4 Å². The smallest absolute Gasteiger partial charge is 0.306 e. The molecule has 0 saturated carbocycles. The first kappa shape index (κ1) is 15.1. The summed E-state index contributed by atoms with van der Waals surface area (Å²) in [6.07, 6.45) is -0.0114. The van der Waals surface area contributed by atoms with Crippen molar-refractivity contribution in [2.24, 2.45) is 0 Å². The molecule has 0 radical (unpaired) electrons. The molecule has 0 bridgehead atoms. The molecule has 0 atom stereocenters. The van der Waals surface area contributed by atoms with Crippen molar-refractivity contribution in [2.75, 3.05) is 20.7 Å². The molecule has 0 aliphatic carbocycles. The van der Waals surface area contributed by atoms with Gasteiger partial charge >= 0.3 is 5.97 Å². The van der Waals surface area contributed by atoms with Crippen LogP contribution < -0.4 is 0 Å². The molecule has 0 aromatic heterocycles. The van der Waals surface area contributed by atoms with E-state index in [1.54, 1.807) is 0 Å². The average Bonchev–Trinajstić information content (AvgIpc) is 2.44. The minimum absolute atomic E-state index is 0.0114. The van der Waals surface area contributed by atoms with Crippen LogP contribution in [0, 0.1) is 11.3 Å². The van der Waals surface area contributed by atoms with Crippen molar-refractivity contribution < 1.29 is 17.9 Å². The van der Waals surface area contributed by atoms with Crippen molar-refractivity contribution in [3.63, 3.8) is 0 Å². The van der Waals surface area contributed by atoms with Crippen molar-refractivity contribution in [3.05, 3.63) is 29.8 Å². The Labute approximate surface area is 112 Å². The van der Waals surface area contributed by atoms with E-state index in [0.717, 1.165) is 4.31 Å². The third-order valence-corrected chi connectivity index (χ3v) is 4.42. The van der Waals surface area contributed by atoms with E-state index < -0.39 is 16.0 Å². The molecule has 7 heteroatoms. The molecule has 1 aromatic rings. The predicted octanol–water partition coefficient (Wildman–Crippen LogP) is 0.742. The lowest BCUT2D eigenvalue weighted by Gasteiger charge is -2.16. The second-order valence-corrected chi connectivity index (χ2v) is 5.83. The van der Waals surface area contributed by atoms with E-state index in [9.17, 15) is 13.2 Å². The summed E-state index contributed by atoms with van der Waals surface area (Å²) in [7, 11) is -1.02. The number of ether oxygens (including phenoxy) is 1. The molecule has 0 aliphatic heterocycles. The largest absolute Gasteiger partial charge is 0.469 e. The third kappa shape index (κ3) is 3.77. The fraction of sp³-hybridized carbons (Fsp3) is 0.333. The number of methoxy groups -OCH3 is 1. The van der Waals surface area contributed by atoms with Gasteiger partial charge in [0.05, 0.1) is 30.1 Å². The van der Waals surface area contributed by atoms with Crippen molar-refractivity contribution in [2.45, 2.75) is 11.3 Å². The maximum absolute atomic E-state index is 12.1. The summed E-state index contributed by atoms with van der Waals surface area (Å²) >= 11 is 0. The number of nitriles is 1. The number of carbonyl (C=O) groups excluding carboxylic acids is 1. The fourth-order valence-electron chi connectivity index (χ4n) is 1.35. The molecule has 0 fully saturated rings. The van der Waals surface area contributed by atoms with E-state index in [-0.39, 0.29) is 17.9 Å². The number of rotatable bonds is 5. The third-order valence-electron chi connectivity index (χ3n) is 2.55. The molecule has 102 valence electrons. The number of carbonyl (C=O) groups is 1. The van der Waals surface area contributed by atoms with Crippen LogP contribution in [0.4, 0.5) is 0 Å². The first-order chi connectivity index (χ1) is 8.91. The quantitative estimate of drug-likeness (QED) is 0.743. The Morgan fingerprint density at radius 1 is 1.37 bits per heavy atom. The number of hydrogen-bond donors (Lipinski definition) is 0. The van der Waals surface area contributed by atoms with Crippen LogP contribution in [0.1, 0.15) is 12.0 Å². The van der Waals surface area contributed by atoms with Crippen molar-refractivity contribution in [1.82, 2.24) is 4.31 Å². The summed E-state index contributed by atoms with van der Waals surface area (Å²) < 4.78 is 29.8. The van der Waals surface area contributed by atoms with Gasteiger partial charge in [-0.1, -0.05) is 0 Å². The lowest BCUT2D eigenvalue weighted by molar-refractivity contribution is -0.140. The molecule has 6 nitrogen and oxygen atoms in total. The van der Waals surface area contributed by atoms with Crippen LogP contribution in [0.2, 0.25) is 0 Å². The first-order valence-corrected chi connectivity index (χ1v) is 6.89. The molecular weight excluding hydrogens is 268 g/mol. The van der Waals surface area contributed by atoms with E-state index in [0.29, 0.717) is 5.56 Å². The Bertz CT molecular complexity index is 587. The number of hydrogen-bond acceptors (Lipinski definition) is 5.